The summed E-state index contributed by atoms with van der Waals surface area (Å²) in [6.07, 6.45) is 12.5. The van der Waals surface area contributed by atoms with Gasteiger partial charge in [0.25, 0.3) is 0 Å². The molecule has 2 saturated heterocycles. The Kier molecular flexibility index (Phi) is 6.98. The van der Waals surface area contributed by atoms with Gasteiger partial charge in [-0.15, -0.1) is 0 Å². The number of halogens is 2. The van der Waals surface area contributed by atoms with Gasteiger partial charge in [-0.2, -0.15) is 0 Å². The highest BCUT2D eigenvalue weighted by Crippen LogP contribution is 2.56. The fourth-order valence-electron chi connectivity index (χ4n) is 7.65. The molecule has 1 aromatic carbocycles. The normalized spacial score (nSPS) is 36.4. The van der Waals surface area contributed by atoms with Crippen LogP contribution in [-0.4, -0.2) is 52.5 Å². The molecule has 5 aliphatic rings. The first-order valence-electron chi connectivity index (χ1n) is 14.0. The molecule has 2 bridgehead atoms. The van der Waals surface area contributed by atoms with Crippen molar-refractivity contribution in [1.82, 2.24) is 10.2 Å². The quantitative estimate of drug-likeness (QED) is 0.490. The van der Waals surface area contributed by atoms with Crippen molar-refractivity contribution in [3.8, 4) is 0 Å². The third-order valence-electron chi connectivity index (χ3n) is 9.37. The van der Waals surface area contributed by atoms with Gasteiger partial charge in [-0.05, 0) is 49.8 Å². The fraction of sp³-hybridized carbons (Fsp3) is 0.621. The van der Waals surface area contributed by atoms with Crippen molar-refractivity contribution in [2.24, 2.45) is 17.8 Å². The van der Waals surface area contributed by atoms with E-state index >= 15 is 0 Å². The Labute approximate surface area is 233 Å². The van der Waals surface area contributed by atoms with Crippen molar-refractivity contribution in [2.45, 2.75) is 94.5 Å². The highest BCUT2D eigenvalue weighted by molar-refractivity contribution is 6.35. The van der Waals surface area contributed by atoms with E-state index in [1.165, 1.54) is 6.42 Å². The first-order valence-corrected chi connectivity index (χ1v) is 14.8. The molecule has 204 valence electrons. The third kappa shape index (κ3) is 4.35. The van der Waals surface area contributed by atoms with E-state index in [0.717, 1.165) is 51.4 Å². The molecule has 3 heterocycles. The molecular weight excluding hydrogens is 525 g/mol. The van der Waals surface area contributed by atoms with Gasteiger partial charge in [-0.3, -0.25) is 14.4 Å². The van der Waals surface area contributed by atoms with E-state index in [9.17, 15) is 14.4 Å². The SMILES string of the molecule is CC1CCCCC1N1C(=O)C2C(C(=O)Nc3cc(Cl)cc(Cl)c3)C3C=CC2(O3)C1C(=O)NC1CCCCC1. The number of anilines is 1. The summed E-state index contributed by atoms with van der Waals surface area (Å²) in [7, 11) is 0. The largest absolute Gasteiger partial charge is 0.359 e. The third-order valence-corrected chi connectivity index (χ3v) is 9.80. The van der Waals surface area contributed by atoms with Crippen LogP contribution in [0.3, 0.4) is 0 Å². The predicted octanol–water partition coefficient (Wildman–Crippen LogP) is 5.11. The molecule has 0 aromatic heterocycles. The van der Waals surface area contributed by atoms with Crippen molar-refractivity contribution >= 4 is 46.6 Å². The van der Waals surface area contributed by atoms with Crippen LogP contribution in [0.4, 0.5) is 5.69 Å². The molecule has 7 atom stereocenters. The van der Waals surface area contributed by atoms with E-state index in [4.69, 9.17) is 27.9 Å². The maximum absolute atomic E-state index is 14.3. The monoisotopic (exact) mass is 559 g/mol. The number of ether oxygens (including phenoxy) is 1. The molecule has 38 heavy (non-hydrogen) atoms. The van der Waals surface area contributed by atoms with Gasteiger partial charge in [-0.1, -0.05) is 74.4 Å². The van der Waals surface area contributed by atoms with Gasteiger partial charge in [-0.25, -0.2) is 0 Å². The standard InChI is InChI=1S/C29H35Cl2N3O4/c1-16-7-5-6-10-21(16)34-25(27(36)32-19-8-3-2-4-9-19)29-12-11-22(38-29)23(24(29)28(34)37)26(35)33-20-14-17(30)13-18(31)15-20/h11-16,19,21-25H,2-10H2,1H3,(H,32,36)(H,33,35). The Bertz CT molecular complexity index is 1150. The number of benzene rings is 1. The lowest BCUT2D eigenvalue weighted by atomic mass is 9.74. The minimum absolute atomic E-state index is 0.0511. The summed E-state index contributed by atoms with van der Waals surface area (Å²) in [4.78, 5) is 43.8. The lowest BCUT2D eigenvalue weighted by Gasteiger charge is -2.42. The molecule has 1 spiro atoms. The van der Waals surface area contributed by atoms with Crippen LogP contribution in [0.15, 0.2) is 30.4 Å². The number of likely N-dealkylation sites (tertiary alicyclic amines) is 1. The van der Waals surface area contributed by atoms with Gasteiger partial charge in [0.15, 0.2) is 0 Å². The van der Waals surface area contributed by atoms with Crippen LogP contribution >= 0.6 is 23.2 Å². The summed E-state index contributed by atoms with van der Waals surface area (Å²) in [5, 5.41) is 6.99. The number of nitrogens with one attached hydrogen (secondary N) is 2. The molecule has 0 radical (unpaired) electrons. The maximum Gasteiger partial charge on any atom is 0.246 e. The van der Waals surface area contributed by atoms with E-state index in [2.05, 4.69) is 17.6 Å². The molecular formula is C29H35Cl2N3O4. The molecule has 4 fully saturated rings. The van der Waals surface area contributed by atoms with Crippen molar-refractivity contribution in [3.63, 3.8) is 0 Å². The van der Waals surface area contributed by atoms with E-state index in [1.54, 1.807) is 18.2 Å². The van der Waals surface area contributed by atoms with Crippen LogP contribution in [0.2, 0.25) is 10.0 Å². The second-order valence-corrected chi connectivity index (χ2v) is 12.6. The van der Waals surface area contributed by atoms with Gasteiger partial charge in [0.2, 0.25) is 17.7 Å². The van der Waals surface area contributed by atoms with Gasteiger partial charge in [0.1, 0.15) is 11.6 Å². The molecule has 3 amide bonds. The number of carbonyl (C=O) groups excluding carboxylic acids is 3. The minimum atomic E-state index is -1.15. The van der Waals surface area contributed by atoms with Crippen molar-refractivity contribution < 1.29 is 19.1 Å². The number of hydrogen-bond acceptors (Lipinski definition) is 4. The number of amides is 3. The van der Waals surface area contributed by atoms with Gasteiger partial charge >= 0.3 is 0 Å². The number of fused-ring (bicyclic) bond motifs is 1. The smallest absolute Gasteiger partial charge is 0.246 e. The Hall–Kier alpha value is -2.09. The highest BCUT2D eigenvalue weighted by atomic mass is 35.5. The first kappa shape index (κ1) is 26.1. The Morgan fingerprint density at radius 1 is 0.974 bits per heavy atom. The van der Waals surface area contributed by atoms with E-state index in [0.29, 0.717) is 15.7 Å². The summed E-state index contributed by atoms with van der Waals surface area (Å²) >= 11 is 12.3. The van der Waals surface area contributed by atoms with Crippen molar-refractivity contribution in [1.29, 1.82) is 0 Å². The van der Waals surface area contributed by atoms with Crippen LogP contribution in [0.1, 0.15) is 64.7 Å². The highest BCUT2D eigenvalue weighted by Gasteiger charge is 2.73. The zero-order valence-corrected chi connectivity index (χ0v) is 23.1. The first-order chi connectivity index (χ1) is 18.3. The fourth-order valence-corrected chi connectivity index (χ4v) is 8.18. The molecule has 2 saturated carbocycles. The number of nitrogens with zero attached hydrogens (tertiary/aromatic N) is 1. The predicted molar refractivity (Wildman–Crippen MR) is 146 cm³/mol. The maximum atomic E-state index is 14.3. The zero-order chi connectivity index (χ0) is 26.6. The van der Waals surface area contributed by atoms with Gasteiger partial charge in [0, 0.05) is 27.8 Å². The molecule has 1 aromatic rings. The molecule has 7 unspecified atom stereocenters. The number of carbonyl (C=O) groups is 3. The molecule has 2 aliphatic carbocycles. The lowest BCUT2D eigenvalue weighted by molar-refractivity contribution is -0.146. The van der Waals surface area contributed by atoms with E-state index < -0.39 is 29.6 Å². The summed E-state index contributed by atoms with van der Waals surface area (Å²) < 4.78 is 6.51. The Morgan fingerprint density at radius 2 is 1.66 bits per heavy atom. The molecule has 6 rings (SSSR count). The second kappa shape index (κ2) is 10.1. The van der Waals surface area contributed by atoms with Crippen LogP contribution in [0.5, 0.6) is 0 Å². The van der Waals surface area contributed by atoms with Crippen molar-refractivity contribution in [2.75, 3.05) is 5.32 Å². The summed E-state index contributed by atoms with van der Waals surface area (Å²) in [6.45, 7) is 2.17. The number of rotatable bonds is 5. The average molecular weight is 561 g/mol. The van der Waals surface area contributed by atoms with E-state index in [-0.39, 0.29) is 35.7 Å². The summed E-state index contributed by atoms with van der Waals surface area (Å²) in [5.41, 5.74) is -0.686. The topological polar surface area (TPSA) is 87.7 Å². The van der Waals surface area contributed by atoms with Gasteiger partial charge in [0.05, 0.1) is 17.9 Å². The van der Waals surface area contributed by atoms with Gasteiger partial charge < -0.3 is 20.3 Å². The van der Waals surface area contributed by atoms with Crippen molar-refractivity contribution in [3.05, 3.63) is 40.4 Å². The van der Waals surface area contributed by atoms with Crippen LogP contribution in [0.25, 0.3) is 0 Å². The summed E-state index contributed by atoms with van der Waals surface area (Å²) in [6, 6.07) is 4.12. The molecule has 2 N–H and O–H groups in total. The Balaban J connectivity index is 1.33. The lowest BCUT2D eigenvalue weighted by Crippen LogP contribution is -2.59. The molecule has 3 aliphatic heterocycles. The number of hydrogen-bond donors (Lipinski definition) is 2. The zero-order valence-electron chi connectivity index (χ0n) is 21.6. The average Bonchev–Trinajstić information content (AvgIpc) is 3.52. The molecule has 9 heteroatoms. The van der Waals surface area contributed by atoms with Crippen LogP contribution < -0.4 is 10.6 Å². The second-order valence-electron chi connectivity index (χ2n) is 11.8. The van der Waals surface area contributed by atoms with Crippen LogP contribution in [-0.2, 0) is 19.1 Å². The Morgan fingerprint density at radius 3 is 2.37 bits per heavy atom. The summed E-state index contributed by atoms with van der Waals surface area (Å²) in [5.74, 6) is -1.87. The van der Waals surface area contributed by atoms with Crippen LogP contribution in [0, 0.1) is 17.8 Å². The minimum Gasteiger partial charge on any atom is -0.359 e. The van der Waals surface area contributed by atoms with E-state index in [1.807, 2.05) is 17.1 Å². The molecule has 7 nitrogen and oxygen atoms in total.